The fourth-order valence-electron chi connectivity index (χ4n) is 2.06. The van der Waals surface area contributed by atoms with Crippen molar-refractivity contribution in [3.63, 3.8) is 0 Å². The van der Waals surface area contributed by atoms with Crippen LogP contribution in [0.1, 0.15) is 20.7 Å². The summed E-state index contributed by atoms with van der Waals surface area (Å²) in [6, 6.07) is 7.54. The first-order chi connectivity index (χ1) is 11.7. The number of aromatic carboxylic acids is 1. The van der Waals surface area contributed by atoms with Crippen LogP contribution in [-0.2, 0) is 14.8 Å². The van der Waals surface area contributed by atoms with E-state index in [0.29, 0.717) is 0 Å². The summed E-state index contributed by atoms with van der Waals surface area (Å²) >= 11 is 0. The summed E-state index contributed by atoms with van der Waals surface area (Å²) in [6.07, 6.45) is 0. The monoisotopic (exact) mass is 367 g/mol. The van der Waals surface area contributed by atoms with Gasteiger partial charge in [-0.1, -0.05) is 0 Å². The van der Waals surface area contributed by atoms with E-state index in [-0.39, 0.29) is 21.7 Å². The lowest BCUT2D eigenvalue weighted by Crippen LogP contribution is -2.27. The number of carboxylic acids is 1. The van der Waals surface area contributed by atoms with Crippen molar-refractivity contribution in [2.45, 2.75) is 4.90 Å². The molecule has 0 radical (unpaired) electrons. The van der Waals surface area contributed by atoms with Gasteiger partial charge in [0.05, 0.1) is 28.8 Å². The fraction of sp³-hybridized carbons (Fsp3) is 0.125. The lowest BCUT2D eigenvalue weighted by Gasteiger charge is -2.20. The van der Waals surface area contributed by atoms with Gasteiger partial charge in [0, 0.05) is 7.05 Å². The van der Waals surface area contributed by atoms with E-state index >= 15 is 0 Å². The number of ether oxygens (including phenoxy) is 1. The van der Waals surface area contributed by atoms with E-state index in [1.807, 2.05) is 0 Å². The van der Waals surface area contributed by atoms with Gasteiger partial charge >= 0.3 is 11.9 Å². The van der Waals surface area contributed by atoms with E-state index in [9.17, 15) is 22.4 Å². The maximum atomic E-state index is 13.0. The van der Waals surface area contributed by atoms with Crippen molar-refractivity contribution in [3.05, 3.63) is 59.4 Å². The van der Waals surface area contributed by atoms with Crippen LogP contribution >= 0.6 is 0 Å². The number of methoxy groups -OCH3 is 1. The van der Waals surface area contributed by atoms with Gasteiger partial charge in [0.15, 0.2) is 0 Å². The van der Waals surface area contributed by atoms with Gasteiger partial charge in [-0.15, -0.1) is 0 Å². The predicted molar refractivity (Wildman–Crippen MR) is 86.7 cm³/mol. The summed E-state index contributed by atoms with van der Waals surface area (Å²) in [4.78, 5) is 22.7. The van der Waals surface area contributed by atoms with Crippen LogP contribution < -0.4 is 4.31 Å². The van der Waals surface area contributed by atoms with Crippen LogP contribution in [0.3, 0.4) is 0 Å². The molecule has 2 aromatic rings. The number of rotatable bonds is 5. The third-order valence-corrected chi connectivity index (χ3v) is 5.22. The minimum Gasteiger partial charge on any atom is -0.478 e. The summed E-state index contributed by atoms with van der Waals surface area (Å²) in [6.45, 7) is 0. The highest BCUT2D eigenvalue weighted by Gasteiger charge is 2.24. The molecule has 0 atom stereocenters. The highest BCUT2D eigenvalue weighted by molar-refractivity contribution is 7.92. The Labute approximate surface area is 143 Å². The van der Waals surface area contributed by atoms with Crippen LogP contribution in [0, 0.1) is 5.82 Å². The molecule has 2 aromatic carbocycles. The van der Waals surface area contributed by atoms with Gasteiger partial charge in [0.25, 0.3) is 10.0 Å². The lowest BCUT2D eigenvalue weighted by molar-refractivity contribution is 0.0600. The molecule has 0 saturated carbocycles. The van der Waals surface area contributed by atoms with E-state index in [2.05, 4.69) is 4.74 Å². The summed E-state index contributed by atoms with van der Waals surface area (Å²) in [7, 11) is -1.76. The average Bonchev–Trinajstić information content (AvgIpc) is 2.60. The first-order valence-corrected chi connectivity index (χ1v) is 8.32. The van der Waals surface area contributed by atoms with E-state index in [4.69, 9.17) is 5.11 Å². The zero-order chi connectivity index (χ0) is 18.8. The van der Waals surface area contributed by atoms with E-state index in [0.717, 1.165) is 47.8 Å². The van der Waals surface area contributed by atoms with Gasteiger partial charge in [-0.05, 0) is 42.5 Å². The molecular formula is C16H14FNO6S. The standard InChI is InChI=1S/C16H14FNO6S/c1-18(25(22,23)14-5-3-12(17)4-6-14)13-8-10(15(19)20)7-11(9-13)16(21)24-2/h3-9H,1-2H3,(H,19,20). The van der Waals surface area contributed by atoms with Crippen LogP contribution in [0.5, 0.6) is 0 Å². The highest BCUT2D eigenvalue weighted by Crippen LogP contribution is 2.25. The first kappa shape index (κ1) is 18.4. The maximum absolute atomic E-state index is 13.0. The van der Waals surface area contributed by atoms with Gasteiger partial charge < -0.3 is 9.84 Å². The molecule has 132 valence electrons. The molecule has 0 heterocycles. The minimum absolute atomic E-state index is 0.0513. The summed E-state index contributed by atoms with van der Waals surface area (Å²) in [5.74, 6) is -2.74. The van der Waals surface area contributed by atoms with Crippen LogP contribution in [-0.4, -0.2) is 39.6 Å². The number of carbonyl (C=O) groups is 2. The zero-order valence-electron chi connectivity index (χ0n) is 13.3. The molecule has 7 nitrogen and oxygen atoms in total. The Morgan fingerprint density at radius 1 is 1.08 bits per heavy atom. The molecule has 0 amide bonds. The molecule has 0 saturated heterocycles. The quantitative estimate of drug-likeness (QED) is 0.813. The van der Waals surface area contributed by atoms with E-state index < -0.39 is 27.8 Å². The molecule has 2 rings (SSSR count). The van der Waals surface area contributed by atoms with Crippen molar-refractivity contribution >= 4 is 27.6 Å². The first-order valence-electron chi connectivity index (χ1n) is 6.88. The molecule has 0 aromatic heterocycles. The number of sulfonamides is 1. The molecule has 0 unspecified atom stereocenters. The third kappa shape index (κ3) is 3.77. The topological polar surface area (TPSA) is 101 Å². The van der Waals surface area contributed by atoms with Gasteiger partial charge in [-0.2, -0.15) is 0 Å². The highest BCUT2D eigenvalue weighted by atomic mass is 32.2. The number of halogens is 1. The molecule has 0 aliphatic rings. The minimum atomic E-state index is -4.08. The number of anilines is 1. The van der Waals surface area contributed by atoms with Gasteiger partial charge in [-0.25, -0.2) is 22.4 Å². The number of benzene rings is 2. The molecule has 0 aliphatic heterocycles. The van der Waals surface area contributed by atoms with Crippen LogP contribution in [0.2, 0.25) is 0 Å². The smallest absolute Gasteiger partial charge is 0.337 e. The Hall–Kier alpha value is -2.94. The number of esters is 1. The molecule has 9 heteroatoms. The van der Waals surface area contributed by atoms with Crippen molar-refractivity contribution in [1.82, 2.24) is 0 Å². The van der Waals surface area contributed by atoms with Crippen LogP contribution in [0.15, 0.2) is 47.4 Å². The number of hydrogen-bond acceptors (Lipinski definition) is 5. The molecule has 1 N–H and O–H groups in total. The van der Waals surface area contributed by atoms with Gasteiger partial charge in [0.2, 0.25) is 0 Å². The maximum Gasteiger partial charge on any atom is 0.337 e. The summed E-state index contributed by atoms with van der Waals surface area (Å²) < 4.78 is 43.6. The van der Waals surface area contributed by atoms with Crippen molar-refractivity contribution in [3.8, 4) is 0 Å². The number of carbonyl (C=O) groups excluding carboxylic acids is 1. The summed E-state index contributed by atoms with van der Waals surface area (Å²) in [5, 5.41) is 9.16. The van der Waals surface area contributed by atoms with Crippen LogP contribution in [0.25, 0.3) is 0 Å². The lowest BCUT2D eigenvalue weighted by atomic mass is 10.1. The Morgan fingerprint density at radius 3 is 2.16 bits per heavy atom. The van der Waals surface area contributed by atoms with Crippen molar-refractivity contribution in [2.24, 2.45) is 0 Å². The van der Waals surface area contributed by atoms with E-state index in [1.54, 1.807) is 0 Å². The molecule has 25 heavy (non-hydrogen) atoms. The Bertz CT molecular complexity index is 924. The Balaban J connectivity index is 2.55. The molecule has 0 fully saturated rings. The summed E-state index contributed by atoms with van der Waals surface area (Å²) in [5.41, 5.74) is -0.442. The number of carboxylic acid groups (broad SMARTS) is 1. The number of hydrogen-bond donors (Lipinski definition) is 1. The van der Waals surface area contributed by atoms with Crippen molar-refractivity contribution in [1.29, 1.82) is 0 Å². The predicted octanol–water partition coefficient (Wildman–Crippen LogP) is 2.14. The molecule has 0 spiro atoms. The third-order valence-electron chi connectivity index (χ3n) is 3.42. The van der Waals surface area contributed by atoms with Crippen molar-refractivity contribution < 1.29 is 32.2 Å². The Kier molecular flexibility index (Phi) is 5.07. The van der Waals surface area contributed by atoms with Gasteiger partial charge in [-0.3, -0.25) is 4.31 Å². The normalized spacial score (nSPS) is 11.0. The second-order valence-electron chi connectivity index (χ2n) is 4.99. The second-order valence-corrected chi connectivity index (χ2v) is 6.96. The number of nitrogens with zero attached hydrogens (tertiary/aromatic N) is 1. The molecule has 0 aliphatic carbocycles. The van der Waals surface area contributed by atoms with Crippen molar-refractivity contribution in [2.75, 3.05) is 18.5 Å². The second kappa shape index (κ2) is 6.89. The zero-order valence-corrected chi connectivity index (χ0v) is 14.1. The fourth-order valence-corrected chi connectivity index (χ4v) is 3.23. The largest absolute Gasteiger partial charge is 0.478 e. The molecule has 0 bridgehead atoms. The van der Waals surface area contributed by atoms with Gasteiger partial charge in [0.1, 0.15) is 5.82 Å². The van der Waals surface area contributed by atoms with E-state index in [1.165, 1.54) is 13.1 Å². The Morgan fingerprint density at radius 2 is 1.64 bits per heavy atom. The average molecular weight is 367 g/mol. The SMILES string of the molecule is COC(=O)c1cc(C(=O)O)cc(N(C)S(=O)(=O)c2ccc(F)cc2)c1. The van der Waals surface area contributed by atoms with Crippen LogP contribution in [0.4, 0.5) is 10.1 Å². The molecular weight excluding hydrogens is 353 g/mol.